The average molecular weight is 400 g/mol. The van der Waals surface area contributed by atoms with Crippen molar-refractivity contribution in [3.05, 3.63) is 59.1 Å². The van der Waals surface area contributed by atoms with Crippen molar-refractivity contribution in [3.63, 3.8) is 0 Å². The molecule has 0 saturated carbocycles. The quantitative estimate of drug-likeness (QED) is 0.783. The zero-order valence-corrected chi connectivity index (χ0v) is 16.3. The minimum absolute atomic E-state index is 0.102. The number of anilines is 2. The van der Waals surface area contributed by atoms with Crippen molar-refractivity contribution in [2.75, 3.05) is 23.3 Å². The van der Waals surface area contributed by atoms with E-state index in [1.807, 2.05) is 24.3 Å². The van der Waals surface area contributed by atoms with Crippen LogP contribution < -0.4 is 15.5 Å². The van der Waals surface area contributed by atoms with Crippen molar-refractivity contribution in [2.45, 2.75) is 19.8 Å². The van der Waals surface area contributed by atoms with Crippen LogP contribution in [0.15, 0.2) is 48.5 Å². The molecule has 1 unspecified atom stereocenters. The Bertz CT molecular complexity index is 900. The van der Waals surface area contributed by atoms with Gasteiger partial charge in [0.15, 0.2) is 0 Å². The molecule has 1 aliphatic rings. The van der Waals surface area contributed by atoms with Crippen LogP contribution in [0.4, 0.5) is 11.4 Å². The van der Waals surface area contributed by atoms with Crippen LogP contribution in [0.2, 0.25) is 5.02 Å². The molecule has 0 aliphatic carbocycles. The topological polar surface area (TPSA) is 78.5 Å². The van der Waals surface area contributed by atoms with Crippen LogP contribution in [0.25, 0.3) is 0 Å². The van der Waals surface area contributed by atoms with Gasteiger partial charge >= 0.3 is 0 Å². The SMILES string of the molecule is CC(=O)Nc1cccc(N2CC(C(=O)NCCc3cccc(Cl)c3)CC2=O)c1. The molecule has 0 bridgehead atoms. The van der Waals surface area contributed by atoms with E-state index in [0.717, 1.165) is 5.56 Å². The number of nitrogens with one attached hydrogen (secondary N) is 2. The van der Waals surface area contributed by atoms with Gasteiger partial charge in [0, 0.05) is 42.8 Å². The first-order chi connectivity index (χ1) is 13.4. The molecule has 1 saturated heterocycles. The van der Waals surface area contributed by atoms with Crippen molar-refractivity contribution in [3.8, 4) is 0 Å². The maximum atomic E-state index is 12.5. The van der Waals surface area contributed by atoms with Gasteiger partial charge in [0.05, 0.1) is 5.92 Å². The molecule has 2 N–H and O–H groups in total. The normalized spacial score (nSPS) is 16.1. The van der Waals surface area contributed by atoms with E-state index in [0.29, 0.717) is 35.9 Å². The summed E-state index contributed by atoms with van der Waals surface area (Å²) in [6, 6.07) is 14.6. The van der Waals surface area contributed by atoms with Crippen molar-refractivity contribution >= 4 is 40.7 Å². The summed E-state index contributed by atoms with van der Waals surface area (Å²) in [4.78, 5) is 37.7. The molecule has 1 aliphatic heterocycles. The fraction of sp³-hybridized carbons (Fsp3) is 0.286. The van der Waals surface area contributed by atoms with Crippen molar-refractivity contribution in [1.82, 2.24) is 5.32 Å². The fourth-order valence-corrected chi connectivity index (χ4v) is 3.47. The molecule has 7 heteroatoms. The van der Waals surface area contributed by atoms with Crippen molar-refractivity contribution < 1.29 is 14.4 Å². The number of rotatable bonds is 6. The van der Waals surface area contributed by atoms with Crippen molar-refractivity contribution in [1.29, 1.82) is 0 Å². The van der Waals surface area contributed by atoms with E-state index in [2.05, 4.69) is 10.6 Å². The highest BCUT2D eigenvalue weighted by molar-refractivity contribution is 6.30. The molecule has 1 atom stereocenters. The molecule has 6 nitrogen and oxygen atoms in total. The maximum absolute atomic E-state index is 12.5. The van der Waals surface area contributed by atoms with Gasteiger partial charge in [-0.3, -0.25) is 14.4 Å². The van der Waals surface area contributed by atoms with Crippen LogP contribution in [0.1, 0.15) is 18.9 Å². The van der Waals surface area contributed by atoms with Gasteiger partial charge in [0.25, 0.3) is 0 Å². The minimum Gasteiger partial charge on any atom is -0.355 e. The van der Waals surface area contributed by atoms with E-state index in [9.17, 15) is 14.4 Å². The molecule has 0 spiro atoms. The molecule has 28 heavy (non-hydrogen) atoms. The summed E-state index contributed by atoms with van der Waals surface area (Å²) in [6.07, 6.45) is 0.850. The molecule has 2 aromatic carbocycles. The van der Waals surface area contributed by atoms with Crippen LogP contribution in [-0.4, -0.2) is 30.8 Å². The Balaban J connectivity index is 1.56. The van der Waals surface area contributed by atoms with Crippen LogP contribution in [0.5, 0.6) is 0 Å². The number of benzene rings is 2. The summed E-state index contributed by atoms with van der Waals surface area (Å²) in [6.45, 7) is 2.24. The fourth-order valence-electron chi connectivity index (χ4n) is 3.25. The molecular weight excluding hydrogens is 378 g/mol. The lowest BCUT2D eigenvalue weighted by Gasteiger charge is -2.18. The van der Waals surface area contributed by atoms with Gasteiger partial charge in [0.1, 0.15) is 0 Å². The van der Waals surface area contributed by atoms with Crippen LogP contribution in [-0.2, 0) is 20.8 Å². The Morgan fingerprint density at radius 3 is 2.71 bits per heavy atom. The Kier molecular flexibility index (Phi) is 6.31. The predicted molar refractivity (Wildman–Crippen MR) is 109 cm³/mol. The Labute approximate surface area is 168 Å². The van der Waals surface area contributed by atoms with Gasteiger partial charge in [-0.25, -0.2) is 0 Å². The smallest absolute Gasteiger partial charge is 0.227 e. The van der Waals surface area contributed by atoms with Crippen LogP contribution in [0, 0.1) is 5.92 Å². The first kappa shape index (κ1) is 19.9. The van der Waals surface area contributed by atoms with E-state index in [-0.39, 0.29) is 24.1 Å². The highest BCUT2D eigenvalue weighted by atomic mass is 35.5. The third-order valence-corrected chi connectivity index (χ3v) is 4.81. The number of nitrogens with zero attached hydrogens (tertiary/aromatic N) is 1. The second-order valence-electron chi connectivity index (χ2n) is 6.81. The van der Waals surface area contributed by atoms with Gasteiger partial charge in [-0.15, -0.1) is 0 Å². The molecule has 1 fully saturated rings. The lowest BCUT2D eigenvalue weighted by Crippen LogP contribution is -2.34. The van der Waals surface area contributed by atoms with E-state index >= 15 is 0 Å². The zero-order valence-electron chi connectivity index (χ0n) is 15.6. The Hall–Kier alpha value is -2.86. The van der Waals surface area contributed by atoms with Gasteiger partial charge in [-0.1, -0.05) is 29.8 Å². The van der Waals surface area contributed by atoms with E-state index in [1.165, 1.54) is 6.92 Å². The molecule has 1 heterocycles. The third kappa shape index (κ3) is 5.10. The molecule has 3 amide bonds. The molecule has 0 radical (unpaired) electrons. The number of halogens is 1. The highest BCUT2D eigenvalue weighted by Gasteiger charge is 2.35. The summed E-state index contributed by atoms with van der Waals surface area (Å²) in [5, 5.41) is 6.27. The van der Waals surface area contributed by atoms with E-state index in [1.54, 1.807) is 29.2 Å². The number of carbonyl (C=O) groups excluding carboxylic acids is 3. The zero-order chi connectivity index (χ0) is 20.1. The lowest BCUT2D eigenvalue weighted by atomic mass is 10.1. The standard InChI is InChI=1S/C21H22ClN3O3/c1-14(26)24-18-6-3-7-19(12-18)25-13-16(11-20(25)27)21(28)23-9-8-15-4-2-5-17(22)10-15/h2-7,10,12,16H,8-9,11,13H2,1H3,(H,23,28)(H,24,26). The predicted octanol–water partition coefficient (Wildman–Crippen LogP) is 3.01. The van der Waals surface area contributed by atoms with Gasteiger partial charge in [-0.2, -0.15) is 0 Å². The summed E-state index contributed by atoms with van der Waals surface area (Å²) < 4.78 is 0. The minimum atomic E-state index is -0.392. The molecule has 0 aromatic heterocycles. The van der Waals surface area contributed by atoms with E-state index in [4.69, 9.17) is 11.6 Å². The molecule has 146 valence electrons. The first-order valence-electron chi connectivity index (χ1n) is 9.12. The summed E-state index contributed by atoms with van der Waals surface area (Å²) in [5.41, 5.74) is 2.34. The monoisotopic (exact) mass is 399 g/mol. The highest BCUT2D eigenvalue weighted by Crippen LogP contribution is 2.27. The Morgan fingerprint density at radius 1 is 1.18 bits per heavy atom. The van der Waals surface area contributed by atoms with Crippen molar-refractivity contribution in [2.24, 2.45) is 5.92 Å². The third-order valence-electron chi connectivity index (χ3n) is 4.58. The number of hydrogen-bond donors (Lipinski definition) is 2. The Morgan fingerprint density at radius 2 is 1.96 bits per heavy atom. The summed E-state index contributed by atoms with van der Waals surface area (Å²) in [5.74, 6) is -0.802. The largest absolute Gasteiger partial charge is 0.355 e. The van der Waals surface area contributed by atoms with E-state index < -0.39 is 5.92 Å². The van der Waals surface area contributed by atoms with Gasteiger partial charge < -0.3 is 15.5 Å². The van der Waals surface area contributed by atoms with Crippen LogP contribution >= 0.6 is 11.6 Å². The maximum Gasteiger partial charge on any atom is 0.227 e. The number of hydrogen-bond acceptors (Lipinski definition) is 3. The first-order valence-corrected chi connectivity index (χ1v) is 9.50. The van der Waals surface area contributed by atoms with Gasteiger partial charge in [-0.05, 0) is 42.3 Å². The lowest BCUT2D eigenvalue weighted by molar-refractivity contribution is -0.126. The van der Waals surface area contributed by atoms with Gasteiger partial charge in [0.2, 0.25) is 17.7 Å². The molecular formula is C21H22ClN3O3. The molecule has 3 rings (SSSR count). The second kappa shape index (κ2) is 8.89. The summed E-state index contributed by atoms with van der Waals surface area (Å²) >= 11 is 5.97. The number of amides is 3. The molecule has 2 aromatic rings. The summed E-state index contributed by atoms with van der Waals surface area (Å²) in [7, 11) is 0. The average Bonchev–Trinajstić information content (AvgIpc) is 3.03. The second-order valence-corrected chi connectivity index (χ2v) is 7.24. The van der Waals surface area contributed by atoms with Crippen LogP contribution in [0.3, 0.4) is 0 Å². The number of carbonyl (C=O) groups is 3.